The zero-order valence-electron chi connectivity index (χ0n) is 25.7. The molecular formula is C35H34N4O8. The Kier molecular flexibility index (Phi) is 11.0. The molecule has 0 fully saturated rings. The lowest BCUT2D eigenvalue weighted by molar-refractivity contribution is -0.159. The Morgan fingerprint density at radius 3 is 2.17 bits per heavy atom. The van der Waals surface area contributed by atoms with E-state index in [1.807, 2.05) is 0 Å². The first kappa shape index (κ1) is 33.9. The first-order valence-corrected chi connectivity index (χ1v) is 14.4. The molecule has 4 N–H and O–H groups in total. The van der Waals surface area contributed by atoms with E-state index in [4.69, 9.17) is 15.2 Å². The van der Waals surface area contributed by atoms with E-state index in [9.17, 15) is 29.1 Å². The molecule has 12 heteroatoms. The maximum absolute atomic E-state index is 14.9. The minimum atomic E-state index is -2.62. The molecule has 4 rings (SSSR count). The summed E-state index contributed by atoms with van der Waals surface area (Å²) in [7, 11) is 3.05. The molecule has 0 saturated carbocycles. The van der Waals surface area contributed by atoms with E-state index in [1.165, 1.54) is 43.3 Å². The van der Waals surface area contributed by atoms with E-state index >= 15 is 0 Å². The quantitative estimate of drug-likeness (QED) is 0.176. The maximum atomic E-state index is 14.9. The molecular weight excluding hydrogens is 604 g/mol. The number of carbonyl (C=O) groups is 5. The summed E-state index contributed by atoms with van der Waals surface area (Å²) in [4.78, 5) is 68.3. The number of rotatable bonds is 14. The van der Waals surface area contributed by atoms with Crippen molar-refractivity contribution in [3.8, 4) is 16.9 Å². The van der Waals surface area contributed by atoms with E-state index in [-0.39, 0.29) is 11.3 Å². The Labute approximate surface area is 271 Å². The van der Waals surface area contributed by atoms with Crippen LogP contribution in [0.25, 0.3) is 11.1 Å². The number of anilines is 2. The highest BCUT2D eigenvalue weighted by Gasteiger charge is 2.55. The average Bonchev–Trinajstić information content (AvgIpc) is 3.10. The van der Waals surface area contributed by atoms with Gasteiger partial charge in [0.2, 0.25) is 11.4 Å². The number of ether oxygens (including phenoxy) is 2. The van der Waals surface area contributed by atoms with Gasteiger partial charge in [-0.25, -0.2) is 9.59 Å². The van der Waals surface area contributed by atoms with Crippen LogP contribution in [0.3, 0.4) is 0 Å². The van der Waals surface area contributed by atoms with Crippen molar-refractivity contribution in [1.29, 1.82) is 0 Å². The largest absolute Gasteiger partial charge is 0.497 e. The second kappa shape index (κ2) is 15.3. The van der Waals surface area contributed by atoms with Crippen LogP contribution in [0.4, 0.5) is 16.2 Å². The lowest BCUT2D eigenvalue weighted by Crippen LogP contribution is -2.66. The minimum absolute atomic E-state index is 0.0655. The van der Waals surface area contributed by atoms with Gasteiger partial charge in [-0.15, -0.1) is 0 Å². The number of hydrogen-bond donors (Lipinski definition) is 3. The molecule has 242 valence electrons. The minimum Gasteiger partial charge on any atom is -0.497 e. The normalized spacial score (nSPS) is 12.6. The van der Waals surface area contributed by atoms with Gasteiger partial charge in [0.25, 0.3) is 5.91 Å². The van der Waals surface area contributed by atoms with Gasteiger partial charge in [0.1, 0.15) is 25.2 Å². The number of benzene rings is 4. The molecule has 2 unspecified atom stereocenters. The third kappa shape index (κ3) is 7.45. The second-order valence-corrected chi connectivity index (χ2v) is 10.3. The Morgan fingerprint density at radius 2 is 1.55 bits per heavy atom. The standard InChI is InChI=1S/C35H34N4O8/c1-38(26-15-7-4-8-16-26)30(41)23-39(29-19-10-9-18-28(29)24-12-11-17-27(22-24)46-2)32(42)31(47-21-20-40)35(33(43)44,37-34(36)45)25-13-5-3-6-14-25/h3-20,22,31H,21,23H2,1-2H3,(H,43,44)(H3,36,37,45). The van der Waals surface area contributed by atoms with Crippen molar-refractivity contribution in [2.24, 2.45) is 5.73 Å². The first-order valence-electron chi connectivity index (χ1n) is 14.4. The van der Waals surface area contributed by atoms with Crippen LogP contribution in [0.5, 0.6) is 5.75 Å². The molecule has 0 aliphatic rings. The number of carboxylic acid groups (broad SMARTS) is 1. The highest BCUT2D eigenvalue weighted by atomic mass is 16.5. The van der Waals surface area contributed by atoms with E-state index in [0.29, 0.717) is 28.8 Å². The number of carbonyl (C=O) groups excluding carboxylic acids is 4. The monoisotopic (exact) mass is 638 g/mol. The molecule has 0 aromatic heterocycles. The maximum Gasteiger partial charge on any atom is 0.337 e. The molecule has 0 bridgehead atoms. The van der Waals surface area contributed by atoms with Crippen LogP contribution in [0.15, 0.2) is 109 Å². The average molecular weight is 639 g/mol. The van der Waals surface area contributed by atoms with Crippen molar-refractivity contribution < 1.29 is 38.6 Å². The van der Waals surface area contributed by atoms with Crippen molar-refractivity contribution in [3.05, 3.63) is 115 Å². The van der Waals surface area contributed by atoms with Gasteiger partial charge in [-0.1, -0.05) is 78.9 Å². The Morgan fingerprint density at radius 1 is 0.915 bits per heavy atom. The van der Waals surface area contributed by atoms with Gasteiger partial charge < -0.3 is 35.3 Å². The van der Waals surface area contributed by atoms with Crippen LogP contribution in [-0.2, 0) is 29.5 Å². The van der Waals surface area contributed by atoms with Crippen molar-refractivity contribution >= 4 is 41.5 Å². The van der Waals surface area contributed by atoms with Crippen LogP contribution in [-0.4, -0.2) is 68.6 Å². The molecule has 4 aromatic carbocycles. The van der Waals surface area contributed by atoms with E-state index in [2.05, 4.69) is 5.32 Å². The van der Waals surface area contributed by atoms with Gasteiger partial charge in [0, 0.05) is 18.3 Å². The van der Waals surface area contributed by atoms with Gasteiger partial charge in [-0.05, 0) is 41.5 Å². The molecule has 47 heavy (non-hydrogen) atoms. The molecule has 0 heterocycles. The number of para-hydroxylation sites is 2. The molecule has 4 aromatic rings. The number of carboxylic acids is 1. The fourth-order valence-electron chi connectivity index (χ4n) is 5.19. The van der Waals surface area contributed by atoms with Gasteiger partial charge in [0.15, 0.2) is 6.10 Å². The fraction of sp³-hybridized carbons (Fsp3) is 0.171. The predicted molar refractivity (Wildman–Crippen MR) is 175 cm³/mol. The zero-order valence-corrected chi connectivity index (χ0v) is 25.7. The SMILES string of the molecule is COc1cccc(-c2ccccc2N(CC(=O)N(C)c2ccccc2)C(=O)C(OCC=O)C(NC(N)=O)(C(=O)O)c2ccccc2)c1. The number of methoxy groups -OCH3 is 1. The summed E-state index contributed by atoms with van der Waals surface area (Å²) in [6, 6.07) is 28.5. The topological polar surface area (TPSA) is 169 Å². The summed E-state index contributed by atoms with van der Waals surface area (Å²) in [5.41, 5.74) is 4.67. The van der Waals surface area contributed by atoms with Gasteiger partial charge >= 0.3 is 12.0 Å². The predicted octanol–water partition coefficient (Wildman–Crippen LogP) is 3.59. The van der Waals surface area contributed by atoms with Gasteiger partial charge in [0.05, 0.1) is 12.8 Å². The number of aldehydes is 1. The first-order chi connectivity index (χ1) is 22.6. The number of nitrogens with zero attached hydrogens (tertiary/aromatic N) is 2. The number of aliphatic carboxylic acids is 1. The van der Waals surface area contributed by atoms with Gasteiger partial charge in [-0.3, -0.25) is 14.5 Å². The van der Waals surface area contributed by atoms with E-state index < -0.39 is 48.6 Å². The van der Waals surface area contributed by atoms with Crippen LogP contribution in [0, 0.1) is 0 Å². The van der Waals surface area contributed by atoms with Crippen LogP contribution < -0.4 is 25.6 Å². The Hall–Kier alpha value is -6.01. The number of likely N-dealkylation sites (N-methyl/N-ethyl adjacent to an activating group) is 1. The number of urea groups is 1. The number of nitrogens with one attached hydrogen (secondary N) is 1. The molecule has 2 atom stereocenters. The van der Waals surface area contributed by atoms with Crippen molar-refractivity contribution in [2.75, 3.05) is 37.1 Å². The summed E-state index contributed by atoms with van der Waals surface area (Å²) in [6.45, 7) is -1.31. The van der Waals surface area contributed by atoms with Crippen molar-refractivity contribution in [1.82, 2.24) is 5.32 Å². The number of hydrogen-bond acceptors (Lipinski definition) is 7. The number of nitrogens with two attached hydrogens (primary N) is 1. The van der Waals surface area contributed by atoms with E-state index in [1.54, 1.807) is 84.9 Å². The summed E-state index contributed by atoms with van der Waals surface area (Å²) in [5, 5.41) is 12.9. The van der Waals surface area contributed by atoms with Gasteiger partial charge in [-0.2, -0.15) is 0 Å². The highest BCUT2D eigenvalue weighted by molar-refractivity contribution is 6.09. The fourth-order valence-corrected chi connectivity index (χ4v) is 5.19. The van der Waals surface area contributed by atoms with Crippen LogP contribution in [0.1, 0.15) is 5.56 Å². The second-order valence-electron chi connectivity index (χ2n) is 10.3. The van der Waals surface area contributed by atoms with Crippen LogP contribution in [0.2, 0.25) is 0 Å². The lowest BCUT2D eigenvalue weighted by Gasteiger charge is -2.39. The molecule has 0 radical (unpaired) electrons. The Bertz CT molecular complexity index is 1730. The molecule has 0 saturated heterocycles. The molecule has 4 amide bonds. The third-order valence-electron chi connectivity index (χ3n) is 7.49. The summed E-state index contributed by atoms with van der Waals surface area (Å²) >= 11 is 0. The van der Waals surface area contributed by atoms with Crippen molar-refractivity contribution in [3.63, 3.8) is 0 Å². The summed E-state index contributed by atoms with van der Waals surface area (Å²) in [5.74, 6) is -2.75. The highest BCUT2D eigenvalue weighted by Crippen LogP contribution is 2.36. The summed E-state index contributed by atoms with van der Waals surface area (Å²) < 4.78 is 11.1. The van der Waals surface area contributed by atoms with E-state index in [0.717, 1.165) is 4.90 Å². The molecule has 0 spiro atoms. The van der Waals surface area contributed by atoms with Crippen molar-refractivity contribution in [2.45, 2.75) is 11.6 Å². The molecule has 12 nitrogen and oxygen atoms in total. The zero-order chi connectivity index (χ0) is 34.0. The smallest absolute Gasteiger partial charge is 0.337 e. The number of amides is 4. The lowest BCUT2D eigenvalue weighted by atomic mass is 9.83. The molecule has 0 aliphatic carbocycles. The Balaban J connectivity index is 1.95. The number of primary amides is 1. The summed E-state index contributed by atoms with van der Waals surface area (Å²) in [6.07, 6.45) is -1.75. The van der Waals surface area contributed by atoms with Crippen LogP contribution >= 0.6 is 0 Å². The molecule has 0 aliphatic heterocycles. The third-order valence-corrected chi connectivity index (χ3v) is 7.49.